The maximum atomic E-state index is 12.6. The van der Waals surface area contributed by atoms with E-state index < -0.39 is 0 Å². The highest BCUT2D eigenvalue weighted by atomic mass is 79.9. The van der Waals surface area contributed by atoms with Gasteiger partial charge in [0.15, 0.2) is 0 Å². The first-order valence-electron chi connectivity index (χ1n) is 9.77. The molecule has 1 unspecified atom stereocenters. The fraction of sp³-hybridized carbons (Fsp3) is 0.273. The molecule has 29 heavy (non-hydrogen) atoms. The van der Waals surface area contributed by atoms with Gasteiger partial charge in [-0.05, 0) is 48.3 Å². The molecule has 0 fully saturated rings. The summed E-state index contributed by atoms with van der Waals surface area (Å²) < 4.78 is 3.07. The van der Waals surface area contributed by atoms with Crippen LogP contribution in [0, 0.1) is 0 Å². The van der Waals surface area contributed by atoms with Crippen LogP contribution >= 0.6 is 15.9 Å². The quantitative estimate of drug-likeness (QED) is 0.478. The lowest BCUT2D eigenvalue weighted by Crippen LogP contribution is -2.17. The van der Waals surface area contributed by atoms with E-state index in [1.807, 2.05) is 47.2 Å². The van der Waals surface area contributed by atoms with Gasteiger partial charge in [0, 0.05) is 23.8 Å². The molecular weight excluding hydrogens is 430 g/mol. The Kier molecular flexibility index (Phi) is 6.08. The van der Waals surface area contributed by atoms with Gasteiger partial charge in [-0.2, -0.15) is 4.98 Å². The van der Waals surface area contributed by atoms with Gasteiger partial charge < -0.3 is 20.9 Å². The molecule has 1 aliphatic heterocycles. The van der Waals surface area contributed by atoms with Crippen LogP contribution in [0.15, 0.2) is 64.0 Å². The zero-order valence-corrected chi connectivity index (χ0v) is 17.7. The average molecular weight is 454 g/mol. The molecule has 3 aromatic rings. The molecule has 2 aromatic carbocycles. The lowest BCUT2D eigenvalue weighted by atomic mass is 10.1. The summed E-state index contributed by atoms with van der Waals surface area (Å²) in [4.78, 5) is 16.9. The fourth-order valence-corrected chi connectivity index (χ4v) is 3.75. The van der Waals surface area contributed by atoms with E-state index in [1.54, 1.807) is 0 Å². The lowest BCUT2D eigenvalue weighted by molar-refractivity contribution is 0.655. The zero-order chi connectivity index (χ0) is 20.2. The van der Waals surface area contributed by atoms with Crippen molar-refractivity contribution in [2.24, 2.45) is 5.73 Å². The molecule has 1 atom stereocenters. The van der Waals surface area contributed by atoms with Crippen molar-refractivity contribution >= 4 is 21.9 Å². The van der Waals surface area contributed by atoms with Gasteiger partial charge in [-0.25, -0.2) is 0 Å². The molecule has 0 aliphatic carbocycles. The Balaban J connectivity index is 1.50. The van der Waals surface area contributed by atoms with Gasteiger partial charge in [0.05, 0.1) is 11.6 Å². The fourth-order valence-electron chi connectivity index (χ4n) is 3.49. The topological polar surface area (TPSA) is 85.0 Å². The Labute approximate surface area is 178 Å². The van der Waals surface area contributed by atoms with Crippen molar-refractivity contribution < 1.29 is 0 Å². The Morgan fingerprint density at radius 2 is 1.93 bits per heavy atom. The first kappa shape index (κ1) is 19.8. The predicted octanol–water partition coefficient (Wildman–Crippen LogP) is 3.28. The van der Waals surface area contributed by atoms with Crippen molar-refractivity contribution in [1.29, 1.82) is 0 Å². The Morgan fingerprint density at radius 1 is 1.17 bits per heavy atom. The van der Waals surface area contributed by atoms with Crippen molar-refractivity contribution in [2.45, 2.75) is 25.6 Å². The molecule has 0 spiro atoms. The third-order valence-electron chi connectivity index (χ3n) is 5.10. The molecule has 1 aromatic heterocycles. The van der Waals surface area contributed by atoms with Crippen molar-refractivity contribution in [2.75, 3.05) is 18.4 Å². The number of anilines is 1. The minimum Gasteiger partial charge on any atom is -0.347 e. The highest BCUT2D eigenvalue weighted by molar-refractivity contribution is 9.10. The van der Waals surface area contributed by atoms with Gasteiger partial charge in [-0.15, -0.1) is 0 Å². The average Bonchev–Trinajstić information content (AvgIpc) is 3.14. The molecule has 0 amide bonds. The van der Waals surface area contributed by atoms with E-state index in [9.17, 15) is 4.79 Å². The second-order valence-corrected chi connectivity index (χ2v) is 8.12. The van der Waals surface area contributed by atoms with Crippen molar-refractivity contribution in [3.05, 3.63) is 80.7 Å². The van der Waals surface area contributed by atoms with Crippen molar-refractivity contribution in [3.8, 4) is 11.1 Å². The molecule has 0 bridgehead atoms. The third kappa shape index (κ3) is 4.58. The number of rotatable bonds is 7. The van der Waals surface area contributed by atoms with E-state index in [0.717, 1.165) is 36.1 Å². The highest BCUT2D eigenvalue weighted by Crippen LogP contribution is 2.29. The van der Waals surface area contributed by atoms with Crippen molar-refractivity contribution in [1.82, 2.24) is 14.9 Å². The number of hydrogen-bond acceptors (Lipinski definition) is 5. The van der Waals surface area contributed by atoms with Gasteiger partial charge in [-0.1, -0.05) is 52.3 Å². The molecule has 0 saturated heterocycles. The maximum absolute atomic E-state index is 12.6. The van der Waals surface area contributed by atoms with E-state index in [2.05, 4.69) is 43.7 Å². The first-order valence-corrected chi connectivity index (χ1v) is 10.6. The van der Waals surface area contributed by atoms with E-state index in [1.165, 1.54) is 11.1 Å². The predicted molar refractivity (Wildman–Crippen MR) is 120 cm³/mol. The van der Waals surface area contributed by atoms with Gasteiger partial charge in [-0.3, -0.25) is 4.79 Å². The molecule has 4 N–H and O–H groups in total. The number of benzene rings is 2. The molecule has 7 heteroatoms. The summed E-state index contributed by atoms with van der Waals surface area (Å²) in [7, 11) is 0. The summed E-state index contributed by atoms with van der Waals surface area (Å²) in [5.41, 5.74) is 9.14. The molecule has 150 valence electrons. The second kappa shape index (κ2) is 8.90. The van der Waals surface area contributed by atoms with Crippen LogP contribution in [-0.4, -0.2) is 22.6 Å². The minimum absolute atomic E-state index is 0.104. The van der Waals surface area contributed by atoms with Gasteiger partial charge >= 0.3 is 0 Å². The second-order valence-electron chi connectivity index (χ2n) is 7.20. The number of nitrogens with two attached hydrogens (primary N) is 1. The van der Waals surface area contributed by atoms with Crippen LogP contribution in [0.25, 0.3) is 11.1 Å². The van der Waals surface area contributed by atoms with Crippen LogP contribution in [0.1, 0.15) is 23.6 Å². The number of nitrogens with one attached hydrogen (secondary N) is 2. The Hall–Kier alpha value is -2.48. The van der Waals surface area contributed by atoms with E-state index >= 15 is 0 Å². The summed E-state index contributed by atoms with van der Waals surface area (Å²) in [6.07, 6.45) is 2.87. The van der Waals surface area contributed by atoms with Gasteiger partial charge in [0.2, 0.25) is 5.95 Å². The number of aromatic nitrogens is 2. The normalized spacial score (nSPS) is 15.2. The highest BCUT2D eigenvalue weighted by Gasteiger charge is 2.23. The van der Waals surface area contributed by atoms with Crippen LogP contribution < -0.4 is 21.9 Å². The monoisotopic (exact) mass is 453 g/mol. The number of nitrogens with zero attached hydrogens (tertiary/aromatic N) is 2. The van der Waals surface area contributed by atoms with Crippen LogP contribution in [0.3, 0.4) is 0 Å². The summed E-state index contributed by atoms with van der Waals surface area (Å²) in [6.45, 7) is 3.13. The first-order chi connectivity index (χ1) is 14.1. The SMILES string of the molecule is NCCCNCc1ccc(-c2cn3c(nc2=O)NC(c2ccc(Br)cc2)C3)cc1. The molecule has 2 heterocycles. The van der Waals surface area contributed by atoms with E-state index in [0.29, 0.717) is 18.1 Å². The Bertz CT molecular complexity index is 1030. The zero-order valence-electron chi connectivity index (χ0n) is 16.1. The smallest absolute Gasteiger partial charge is 0.282 e. The van der Waals surface area contributed by atoms with Crippen LogP contribution in [-0.2, 0) is 13.1 Å². The number of halogens is 1. The molecular formula is C22H24BrN5O. The largest absolute Gasteiger partial charge is 0.347 e. The molecule has 1 aliphatic rings. The molecule has 6 nitrogen and oxygen atoms in total. The summed E-state index contributed by atoms with van der Waals surface area (Å²) in [5, 5.41) is 6.71. The van der Waals surface area contributed by atoms with E-state index in [4.69, 9.17) is 5.73 Å². The number of hydrogen-bond donors (Lipinski definition) is 3. The summed E-state index contributed by atoms with van der Waals surface area (Å²) in [6, 6.07) is 16.4. The maximum Gasteiger partial charge on any atom is 0.282 e. The molecule has 0 saturated carbocycles. The summed E-state index contributed by atoms with van der Waals surface area (Å²) in [5.74, 6) is 0.618. The summed E-state index contributed by atoms with van der Waals surface area (Å²) >= 11 is 3.46. The Morgan fingerprint density at radius 3 is 2.66 bits per heavy atom. The van der Waals surface area contributed by atoms with Crippen molar-refractivity contribution in [3.63, 3.8) is 0 Å². The van der Waals surface area contributed by atoms with Crippen LogP contribution in [0.4, 0.5) is 5.95 Å². The molecule has 4 rings (SSSR count). The third-order valence-corrected chi connectivity index (χ3v) is 5.63. The van der Waals surface area contributed by atoms with Crippen LogP contribution in [0.2, 0.25) is 0 Å². The number of fused-ring (bicyclic) bond motifs is 1. The van der Waals surface area contributed by atoms with Gasteiger partial charge in [0.1, 0.15) is 0 Å². The lowest BCUT2D eigenvalue weighted by Gasteiger charge is -2.09. The van der Waals surface area contributed by atoms with E-state index in [-0.39, 0.29) is 11.6 Å². The minimum atomic E-state index is -0.214. The van der Waals surface area contributed by atoms with Gasteiger partial charge in [0.25, 0.3) is 5.56 Å². The standard InChI is InChI=1S/C22H24BrN5O/c23-18-8-6-17(7-9-18)20-14-28-13-19(21(29)27-22(28)26-20)16-4-2-15(3-5-16)12-25-11-1-10-24/h2-9,13,20,25H,1,10-12,14,24H2,(H,26,27,29). The van der Waals surface area contributed by atoms with Crippen LogP contribution in [0.5, 0.6) is 0 Å². The molecule has 0 radical (unpaired) electrons.